The third kappa shape index (κ3) is 4.06. The molecule has 1 aliphatic carbocycles. The van der Waals surface area contributed by atoms with Gasteiger partial charge in [0.15, 0.2) is 0 Å². The van der Waals surface area contributed by atoms with Crippen molar-refractivity contribution in [3.8, 4) is 10.4 Å². The SMILES string of the molecule is Cc1cccc(-c2sccc2C(=O)N2C[C@@H]3CC3[C@H]2CNC(=O)c2cccc(Br)c2)c1. The molecule has 2 aliphatic rings. The van der Waals surface area contributed by atoms with Gasteiger partial charge in [0, 0.05) is 28.0 Å². The molecule has 0 bridgehead atoms. The Labute approximate surface area is 194 Å². The van der Waals surface area contributed by atoms with Crippen LogP contribution in [0, 0.1) is 18.8 Å². The van der Waals surface area contributed by atoms with Gasteiger partial charge in [-0.15, -0.1) is 11.3 Å². The maximum Gasteiger partial charge on any atom is 0.255 e. The quantitative estimate of drug-likeness (QED) is 0.517. The van der Waals surface area contributed by atoms with E-state index in [1.54, 1.807) is 17.4 Å². The summed E-state index contributed by atoms with van der Waals surface area (Å²) in [4.78, 5) is 29.2. The number of halogens is 1. The molecule has 1 unspecified atom stereocenters. The molecule has 3 aromatic rings. The van der Waals surface area contributed by atoms with E-state index in [0.717, 1.165) is 33.4 Å². The van der Waals surface area contributed by atoms with Gasteiger partial charge in [-0.2, -0.15) is 0 Å². The van der Waals surface area contributed by atoms with Gasteiger partial charge in [-0.05, 0) is 60.4 Å². The van der Waals surface area contributed by atoms with Crippen LogP contribution in [0.2, 0.25) is 0 Å². The molecule has 0 spiro atoms. The predicted molar refractivity (Wildman–Crippen MR) is 127 cm³/mol. The highest BCUT2D eigenvalue weighted by Gasteiger charge is 2.54. The Balaban J connectivity index is 1.33. The lowest BCUT2D eigenvalue weighted by atomic mass is 10.1. The number of nitrogens with one attached hydrogen (secondary N) is 1. The van der Waals surface area contributed by atoms with E-state index in [4.69, 9.17) is 0 Å². The number of rotatable bonds is 5. The Morgan fingerprint density at radius 3 is 2.81 bits per heavy atom. The Morgan fingerprint density at radius 2 is 2.00 bits per heavy atom. The largest absolute Gasteiger partial charge is 0.350 e. The molecule has 158 valence electrons. The van der Waals surface area contributed by atoms with Gasteiger partial charge in [0.2, 0.25) is 0 Å². The van der Waals surface area contributed by atoms with Crippen LogP contribution < -0.4 is 5.32 Å². The van der Waals surface area contributed by atoms with E-state index < -0.39 is 0 Å². The van der Waals surface area contributed by atoms with E-state index in [-0.39, 0.29) is 17.9 Å². The number of benzene rings is 2. The van der Waals surface area contributed by atoms with E-state index in [1.807, 2.05) is 40.6 Å². The molecule has 5 rings (SSSR count). The van der Waals surface area contributed by atoms with Crippen LogP contribution in [0.5, 0.6) is 0 Å². The first-order valence-electron chi connectivity index (χ1n) is 10.5. The van der Waals surface area contributed by atoms with Gasteiger partial charge in [-0.1, -0.05) is 51.8 Å². The fourth-order valence-corrected chi connectivity index (χ4v) is 5.92. The molecule has 2 aromatic carbocycles. The molecule has 1 N–H and O–H groups in total. The van der Waals surface area contributed by atoms with Crippen LogP contribution in [0.15, 0.2) is 64.5 Å². The molecule has 2 heterocycles. The number of carbonyl (C=O) groups excluding carboxylic acids is 2. The second kappa shape index (κ2) is 8.24. The summed E-state index contributed by atoms with van der Waals surface area (Å²) < 4.78 is 0.876. The first kappa shape index (κ1) is 20.5. The van der Waals surface area contributed by atoms with Crippen molar-refractivity contribution in [1.29, 1.82) is 0 Å². The molecule has 4 nitrogen and oxygen atoms in total. The second-order valence-electron chi connectivity index (χ2n) is 8.44. The normalized spacial score (nSPS) is 21.6. The van der Waals surface area contributed by atoms with E-state index in [2.05, 4.69) is 46.4 Å². The zero-order valence-electron chi connectivity index (χ0n) is 17.2. The zero-order valence-corrected chi connectivity index (χ0v) is 19.6. The van der Waals surface area contributed by atoms with Crippen molar-refractivity contribution in [2.75, 3.05) is 13.1 Å². The lowest BCUT2D eigenvalue weighted by Crippen LogP contribution is -2.45. The van der Waals surface area contributed by atoms with Crippen LogP contribution in [0.3, 0.4) is 0 Å². The number of amides is 2. The summed E-state index contributed by atoms with van der Waals surface area (Å²) in [5.74, 6) is 1.03. The maximum atomic E-state index is 13.5. The summed E-state index contributed by atoms with van der Waals surface area (Å²) in [5.41, 5.74) is 3.65. The third-order valence-corrected chi connectivity index (χ3v) is 7.76. The number of piperidine rings is 1. The summed E-state index contributed by atoms with van der Waals surface area (Å²) in [6.45, 7) is 3.34. The summed E-state index contributed by atoms with van der Waals surface area (Å²) in [6, 6.07) is 17.6. The van der Waals surface area contributed by atoms with Gasteiger partial charge in [-0.3, -0.25) is 9.59 Å². The van der Waals surface area contributed by atoms with Crippen LogP contribution in [0.4, 0.5) is 0 Å². The van der Waals surface area contributed by atoms with Crippen LogP contribution in [0.25, 0.3) is 10.4 Å². The third-order valence-electron chi connectivity index (χ3n) is 6.30. The molecule has 31 heavy (non-hydrogen) atoms. The maximum absolute atomic E-state index is 13.5. The minimum atomic E-state index is -0.103. The highest BCUT2D eigenvalue weighted by molar-refractivity contribution is 9.10. The molecule has 1 saturated carbocycles. The first-order chi connectivity index (χ1) is 15.0. The van der Waals surface area contributed by atoms with Crippen molar-refractivity contribution in [1.82, 2.24) is 10.2 Å². The summed E-state index contributed by atoms with van der Waals surface area (Å²) in [6.07, 6.45) is 1.15. The van der Waals surface area contributed by atoms with E-state index >= 15 is 0 Å². The van der Waals surface area contributed by atoms with Crippen LogP contribution in [-0.2, 0) is 0 Å². The predicted octanol–water partition coefficient (Wildman–Crippen LogP) is 5.38. The molecule has 3 atom stereocenters. The monoisotopic (exact) mass is 494 g/mol. The van der Waals surface area contributed by atoms with Crippen molar-refractivity contribution in [3.63, 3.8) is 0 Å². The first-order valence-corrected chi connectivity index (χ1v) is 12.2. The van der Waals surface area contributed by atoms with Gasteiger partial charge in [0.05, 0.1) is 11.6 Å². The topological polar surface area (TPSA) is 49.4 Å². The van der Waals surface area contributed by atoms with Crippen LogP contribution in [0.1, 0.15) is 32.7 Å². The molecule has 6 heteroatoms. The number of thiophene rings is 1. The average molecular weight is 495 g/mol. The highest BCUT2D eigenvalue weighted by atomic mass is 79.9. The van der Waals surface area contributed by atoms with Gasteiger partial charge in [0.25, 0.3) is 11.8 Å². The zero-order chi connectivity index (χ0) is 21.5. The lowest BCUT2D eigenvalue weighted by Gasteiger charge is -2.28. The molecule has 2 amide bonds. The summed E-state index contributed by atoms with van der Waals surface area (Å²) in [5, 5.41) is 5.05. The van der Waals surface area contributed by atoms with Crippen molar-refractivity contribution in [2.24, 2.45) is 11.8 Å². The van der Waals surface area contributed by atoms with Gasteiger partial charge < -0.3 is 10.2 Å². The fourth-order valence-electron chi connectivity index (χ4n) is 4.64. The summed E-state index contributed by atoms with van der Waals surface area (Å²) in [7, 11) is 0. The molecule has 0 radical (unpaired) electrons. The second-order valence-corrected chi connectivity index (χ2v) is 10.3. The van der Waals surface area contributed by atoms with Crippen LogP contribution in [-0.4, -0.2) is 35.8 Å². The van der Waals surface area contributed by atoms with E-state index in [9.17, 15) is 9.59 Å². The molecule has 1 aromatic heterocycles. The standard InChI is InChI=1S/C25H23BrN2O2S/c1-15-4-2-5-16(10-15)23-20(8-9-31-23)25(30)28-14-18-12-21(18)22(28)13-27-24(29)17-6-3-7-19(26)11-17/h2-11,18,21-22H,12-14H2,1H3,(H,27,29)/t18-,21?,22+/m0/s1. The Kier molecular flexibility index (Phi) is 5.44. The molecule has 1 aliphatic heterocycles. The van der Waals surface area contributed by atoms with Crippen molar-refractivity contribution < 1.29 is 9.59 Å². The molecular formula is C25H23BrN2O2S. The summed E-state index contributed by atoms with van der Waals surface area (Å²) >= 11 is 5.02. The number of aryl methyl sites for hydroxylation is 1. The fraction of sp³-hybridized carbons (Fsp3) is 0.280. The Hall–Kier alpha value is -2.44. The lowest BCUT2D eigenvalue weighted by molar-refractivity contribution is 0.0696. The van der Waals surface area contributed by atoms with Crippen molar-refractivity contribution >= 4 is 39.1 Å². The van der Waals surface area contributed by atoms with E-state index in [1.165, 1.54) is 5.56 Å². The van der Waals surface area contributed by atoms with Gasteiger partial charge in [0.1, 0.15) is 0 Å². The van der Waals surface area contributed by atoms with Crippen molar-refractivity contribution in [3.05, 3.63) is 81.1 Å². The highest BCUT2D eigenvalue weighted by Crippen LogP contribution is 2.50. The Morgan fingerprint density at radius 1 is 1.16 bits per heavy atom. The van der Waals surface area contributed by atoms with Gasteiger partial charge in [-0.25, -0.2) is 0 Å². The number of hydrogen-bond donors (Lipinski definition) is 1. The average Bonchev–Trinajstić information content (AvgIpc) is 3.20. The molecule has 2 fully saturated rings. The minimum absolute atomic E-state index is 0.0545. The Bertz CT molecular complexity index is 1160. The number of nitrogens with zero attached hydrogens (tertiary/aromatic N) is 1. The number of carbonyl (C=O) groups is 2. The van der Waals surface area contributed by atoms with Crippen LogP contribution >= 0.6 is 27.3 Å². The van der Waals surface area contributed by atoms with Crippen molar-refractivity contribution in [2.45, 2.75) is 19.4 Å². The smallest absolute Gasteiger partial charge is 0.255 e. The molecule has 1 saturated heterocycles. The minimum Gasteiger partial charge on any atom is -0.350 e. The number of hydrogen-bond acceptors (Lipinski definition) is 3. The number of likely N-dealkylation sites (tertiary alicyclic amines) is 1. The van der Waals surface area contributed by atoms with Gasteiger partial charge >= 0.3 is 0 Å². The molecular weight excluding hydrogens is 472 g/mol. The van der Waals surface area contributed by atoms with E-state index in [0.29, 0.717) is 23.9 Å². The number of fused-ring (bicyclic) bond motifs is 1.